The maximum atomic E-state index is 11.0. The number of carboxylic acids is 1. The molecular formula is C16H20O5. The summed E-state index contributed by atoms with van der Waals surface area (Å²) in [4.78, 5) is 21.5. The van der Waals surface area contributed by atoms with Crippen molar-refractivity contribution in [2.45, 2.75) is 26.7 Å². The third-order valence-electron chi connectivity index (χ3n) is 2.90. The Hall–Kier alpha value is -2.30. The SMILES string of the molecule is COC(=O)CCCOc1c(C)cc(/C=C/C(=O)O)cc1C. The smallest absolute Gasteiger partial charge is 0.328 e. The van der Waals surface area contributed by atoms with Gasteiger partial charge in [0.2, 0.25) is 0 Å². The minimum atomic E-state index is -0.978. The molecule has 1 N–H and O–H groups in total. The molecule has 0 heterocycles. The molecule has 0 fully saturated rings. The second-order valence-corrected chi connectivity index (χ2v) is 4.68. The van der Waals surface area contributed by atoms with Crippen molar-refractivity contribution in [2.24, 2.45) is 0 Å². The number of carboxylic acid groups (broad SMARTS) is 1. The van der Waals surface area contributed by atoms with E-state index in [1.165, 1.54) is 7.11 Å². The van der Waals surface area contributed by atoms with Crippen LogP contribution in [0.3, 0.4) is 0 Å². The highest BCUT2D eigenvalue weighted by molar-refractivity contribution is 5.85. The second kappa shape index (κ2) is 8.09. The van der Waals surface area contributed by atoms with E-state index >= 15 is 0 Å². The van der Waals surface area contributed by atoms with Crippen molar-refractivity contribution in [1.82, 2.24) is 0 Å². The van der Waals surface area contributed by atoms with E-state index in [2.05, 4.69) is 4.74 Å². The molecule has 5 nitrogen and oxygen atoms in total. The third kappa shape index (κ3) is 5.69. The molecule has 0 aliphatic heterocycles. The average Bonchev–Trinajstić information content (AvgIpc) is 2.43. The summed E-state index contributed by atoms with van der Waals surface area (Å²) in [5.41, 5.74) is 2.67. The van der Waals surface area contributed by atoms with Crippen LogP contribution in [0.25, 0.3) is 6.08 Å². The predicted octanol–water partition coefficient (Wildman–Crippen LogP) is 2.73. The zero-order valence-corrected chi connectivity index (χ0v) is 12.5. The van der Waals surface area contributed by atoms with Crippen LogP contribution in [0.1, 0.15) is 29.5 Å². The van der Waals surface area contributed by atoms with Crippen molar-refractivity contribution < 1.29 is 24.2 Å². The first-order valence-corrected chi connectivity index (χ1v) is 6.66. The van der Waals surface area contributed by atoms with Crippen LogP contribution in [0.5, 0.6) is 5.75 Å². The maximum Gasteiger partial charge on any atom is 0.328 e. The fraction of sp³-hybridized carbons (Fsp3) is 0.375. The van der Waals surface area contributed by atoms with Gasteiger partial charge in [-0.05, 0) is 55.2 Å². The Balaban J connectivity index is 2.67. The lowest BCUT2D eigenvalue weighted by molar-refractivity contribution is -0.140. The van der Waals surface area contributed by atoms with Crippen molar-refractivity contribution in [2.75, 3.05) is 13.7 Å². The summed E-state index contributed by atoms with van der Waals surface area (Å²) in [6.45, 7) is 4.24. The molecule has 5 heteroatoms. The first kappa shape index (κ1) is 16.8. The van der Waals surface area contributed by atoms with E-state index in [-0.39, 0.29) is 5.97 Å². The summed E-state index contributed by atoms with van der Waals surface area (Å²) in [7, 11) is 1.36. The topological polar surface area (TPSA) is 72.8 Å². The molecular weight excluding hydrogens is 272 g/mol. The zero-order valence-electron chi connectivity index (χ0n) is 12.5. The van der Waals surface area contributed by atoms with Crippen LogP contribution in [-0.4, -0.2) is 30.8 Å². The Morgan fingerprint density at radius 2 is 1.86 bits per heavy atom. The molecule has 0 bridgehead atoms. The van der Waals surface area contributed by atoms with Crippen molar-refractivity contribution in [3.05, 3.63) is 34.9 Å². The van der Waals surface area contributed by atoms with E-state index in [9.17, 15) is 9.59 Å². The molecule has 0 aromatic heterocycles. The average molecular weight is 292 g/mol. The van der Waals surface area contributed by atoms with Gasteiger partial charge in [0.25, 0.3) is 0 Å². The summed E-state index contributed by atoms with van der Waals surface area (Å²) in [6.07, 6.45) is 3.56. The number of hydrogen-bond acceptors (Lipinski definition) is 4. The molecule has 1 rings (SSSR count). The number of carbonyl (C=O) groups excluding carboxylic acids is 1. The van der Waals surface area contributed by atoms with Gasteiger partial charge < -0.3 is 14.6 Å². The number of ether oxygens (including phenoxy) is 2. The number of aliphatic carboxylic acids is 1. The Labute approximate surface area is 124 Å². The van der Waals surface area contributed by atoms with Gasteiger partial charge in [-0.1, -0.05) is 0 Å². The molecule has 114 valence electrons. The highest BCUT2D eigenvalue weighted by atomic mass is 16.5. The van der Waals surface area contributed by atoms with Gasteiger partial charge in [-0.2, -0.15) is 0 Å². The Bertz CT molecular complexity index is 523. The first-order valence-electron chi connectivity index (χ1n) is 6.66. The Kier molecular flexibility index (Phi) is 6.46. The fourth-order valence-electron chi connectivity index (χ4n) is 1.97. The van der Waals surface area contributed by atoms with Crippen LogP contribution in [0.2, 0.25) is 0 Å². The standard InChI is InChI=1S/C16H20O5/c1-11-9-13(6-7-14(17)18)10-12(2)16(11)21-8-4-5-15(19)20-3/h6-7,9-10H,4-5,8H2,1-3H3,(H,17,18)/b7-6+. The van der Waals surface area contributed by atoms with Gasteiger partial charge in [0.05, 0.1) is 13.7 Å². The summed E-state index contributed by atoms with van der Waals surface area (Å²) in [5, 5.41) is 8.63. The number of benzene rings is 1. The Morgan fingerprint density at radius 3 is 2.38 bits per heavy atom. The lowest BCUT2D eigenvalue weighted by Gasteiger charge is -2.13. The first-order chi connectivity index (χ1) is 9.93. The molecule has 21 heavy (non-hydrogen) atoms. The van der Waals surface area contributed by atoms with E-state index in [1.54, 1.807) is 6.08 Å². The molecule has 0 saturated heterocycles. The van der Waals surface area contributed by atoms with Gasteiger partial charge in [0.1, 0.15) is 5.75 Å². The molecule has 0 spiro atoms. The molecule has 0 unspecified atom stereocenters. The van der Waals surface area contributed by atoms with Crippen LogP contribution in [-0.2, 0) is 14.3 Å². The van der Waals surface area contributed by atoms with E-state index in [4.69, 9.17) is 9.84 Å². The predicted molar refractivity (Wildman–Crippen MR) is 79.3 cm³/mol. The number of hydrogen-bond donors (Lipinski definition) is 1. The molecule has 0 amide bonds. The number of methoxy groups -OCH3 is 1. The largest absolute Gasteiger partial charge is 0.493 e. The van der Waals surface area contributed by atoms with Crippen LogP contribution < -0.4 is 4.74 Å². The molecule has 0 aliphatic rings. The van der Waals surface area contributed by atoms with Gasteiger partial charge in [-0.3, -0.25) is 4.79 Å². The summed E-state index contributed by atoms with van der Waals surface area (Å²) >= 11 is 0. The highest BCUT2D eigenvalue weighted by Crippen LogP contribution is 2.25. The minimum absolute atomic E-state index is 0.249. The van der Waals surface area contributed by atoms with Crippen LogP contribution >= 0.6 is 0 Å². The molecule has 0 radical (unpaired) electrons. The van der Waals surface area contributed by atoms with E-state index in [0.29, 0.717) is 19.4 Å². The number of esters is 1. The van der Waals surface area contributed by atoms with Gasteiger partial charge in [0.15, 0.2) is 0 Å². The summed E-state index contributed by atoms with van der Waals surface area (Å²) in [5.74, 6) is -0.456. The monoisotopic (exact) mass is 292 g/mol. The molecule has 0 aliphatic carbocycles. The van der Waals surface area contributed by atoms with E-state index in [0.717, 1.165) is 28.5 Å². The number of aryl methyl sites for hydroxylation is 2. The fourth-order valence-corrected chi connectivity index (χ4v) is 1.97. The van der Waals surface area contributed by atoms with Gasteiger partial charge in [-0.25, -0.2) is 4.79 Å². The summed E-state index contributed by atoms with van der Waals surface area (Å²) in [6, 6.07) is 3.73. The van der Waals surface area contributed by atoms with Crippen molar-refractivity contribution in [1.29, 1.82) is 0 Å². The lowest BCUT2D eigenvalue weighted by Crippen LogP contribution is -2.06. The number of carbonyl (C=O) groups is 2. The maximum absolute atomic E-state index is 11.0. The van der Waals surface area contributed by atoms with E-state index in [1.807, 2.05) is 26.0 Å². The second-order valence-electron chi connectivity index (χ2n) is 4.68. The quantitative estimate of drug-likeness (QED) is 0.475. The van der Waals surface area contributed by atoms with E-state index < -0.39 is 5.97 Å². The van der Waals surface area contributed by atoms with Gasteiger partial charge in [-0.15, -0.1) is 0 Å². The van der Waals surface area contributed by atoms with Crippen LogP contribution in [0.15, 0.2) is 18.2 Å². The van der Waals surface area contributed by atoms with Gasteiger partial charge >= 0.3 is 11.9 Å². The zero-order chi connectivity index (χ0) is 15.8. The minimum Gasteiger partial charge on any atom is -0.493 e. The lowest BCUT2D eigenvalue weighted by atomic mass is 10.1. The molecule has 0 atom stereocenters. The van der Waals surface area contributed by atoms with Gasteiger partial charge in [0, 0.05) is 12.5 Å². The highest BCUT2D eigenvalue weighted by Gasteiger charge is 2.07. The third-order valence-corrected chi connectivity index (χ3v) is 2.90. The molecule has 1 aromatic carbocycles. The van der Waals surface area contributed by atoms with Crippen molar-refractivity contribution in [3.63, 3.8) is 0 Å². The molecule has 0 saturated carbocycles. The normalized spacial score (nSPS) is 10.6. The van der Waals surface area contributed by atoms with Crippen LogP contribution in [0, 0.1) is 13.8 Å². The number of rotatable bonds is 7. The Morgan fingerprint density at radius 1 is 1.24 bits per heavy atom. The summed E-state index contributed by atoms with van der Waals surface area (Å²) < 4.78 is 10.3. The van der Waals surface area contributed by atoms with Crippen molar-refractivity contribution in [3.8, 4) is 5.75 Å². The molecule has 1 aromatic rings. The van der Waals surface area contributed by atoms with Crippen molar-refractivity contribution >= 4 is 18.0 Å². The van der Waals surface area contributed by atoms with Crippen LogP contribution in [0.4, 0.5) is 0 Å².